The first-order valence-corrected chi connectivity index (χ1v) is 6.36. The number of ether oxygens (including phenoxy) is 1. The molecule has 0 radical (unpaired) electrons. The van der Waals surface area contributed by atoms with Crippen LogP contribution in [0.1, 0.15) is 10.4 Å². The lowest BCUT2D eigenvalue weighted by Gasteiger charge is -2.07. The quantitative estimate of drug-likeness (QED) is 0.839. The van der Waals surface area contributed by atoms with Crippen LogP contribution in [0.3, 0.4) is 0 Å². The molecule has 0 fully saturated rings. The molecule has 98 valence electrons. The second-order valence-electron chi connectivity index (χ2n) is 3.84. The van der Waals surface area contributed by atoms with Crippen molar-refractivity contribution >= 4 is 23.4 Å². The lowest BCUT2D eigenvalue weighted by Crippen LogP contribution is -1.94. The van der Waals surface area contributed by atoms with E-state index in [4.69, 9.17) is 15.6 Å². The van der Waals surface area contributed by atoms with Gasteiger partial charge in [-0.3, -0.25) is 0 Å². The Morgan fingerprint density at radius 2 is 1.79 bits per heavy atom. The molecule has 4 nitrogen and oxygen atoms in total. The first-order valence-electron chi connectivity index (χ1n) is 5.55. The van der Waals surface area contributed by atoms with Gasteiger partial charge in [0.15, 0.2) is 0 Å². The molecule has 0 saturated carbocycles. The number of hydrogen-bond donors (Lipinski definition) is 2. The van der Waals surface area contributed by atoms with Gasteiger partial charge in [0.05, 0.1) is 18.4 Å². The first kappa shape index (κ1) is 13.3. The van der Waals surface area contributed by atoms with Gasteiger partial charge in [0, 0.05) is 9.79 Å². The van der Waals surface area contributed by atoms with Crippen molar-refractivity contribution in [2.75, 3.05) is 12.8 Å². The third-order valence-corrected chi connectivity index (χ3v) is 3.54. The largest absolute Gasteiger partial charge is 0.495 e. The molecule has 3 N–H and O–H groups in total. The van der Waals surface area contributed by atoms with Gasteiger partial charge in [-0.2, -0.15) is 0 Å². The van der Waals surface area contributed by atoms with Crippen LogP contribution in [-0.2, 0) is 0 Å². The standard InChI is InChI=1S/C14H13NO3S/c1-18-13-8-11(6-7-12(13)15)19-10-4-2-9(3-5-10)14(16)17/h2-8H,15H2,1H3,(H,16,17). The molecular formula is C14H13NO3S. The maximum absolute atomic E-state index is 10.8. The molecule has 2 aromatic rings. The summed E-state index contributed by atoms with van der Waals surface area (Å²) in [6.45, 7) is 0. The van der Waals surface area contributed by atoms with E-state index in [1.54, 1.807) is 37.4 Å². The Bertz CT molecular complexity index is 596. The number of carbonyl (C=O) groups is 1. The minimum absolute atomic E-state index is 0.277. The number of aromatic carboxylic acids is 1. The molecule has 2 rings (SSSR count). The second-order valence-corrected chi connectivity index (χ2v) is 4.98. The van der Waals surface area contributed by atoms with Crippen LogP contribution in [0.5, 0.6) is 5.75 Å². The number of carboxylic acid groups (broad SMARTS) is 1. The van der Waals surface area contributed by atoms with E-state index in [1.807, 2.05) is 12.1 Å². The van der Waals surface area contributed by atoms with Gasteiger partial charge in [0.1, 0.15) is 5.75 Å². The summed E-state index contributed by atoms with van der Waals surface area (Å²) in [5.74, 6) is -0.294. The maximum Gasteiger partial charge on any atom is 0.335 e. The molecule has 0 atom stereocenters. The van der Waals surface area contributed by atoms with Crippen molar-refractivity contribution in [2.45, 2.75) is 9.79 Å². The van der Waals surface area contributed by atoms with Crippen LogP contribution in [0, 0.1) is 0 Å². The molecule has 0 spiro atoms. The normalized spacial score (nSPS) is 10.2. The highest BCUT2D eigenvalue weighted by molar-refractivity contribution is 7.99. The van der Waals surface area contributed by atoms with Crippen molar-refractivity contribution in [1.29, 1.82) is 0 Å². The summed E-state index contributed by atoms with van der Waals surface area (Å²) in [5.41, 5.74) is 6.61. The second kappa shape index (κ2) is 5.67. The average molecular weight is 275 g/mol. The molecule has 0 bridgehead atoms. The summed E-state index contributed by atoms with van der Waals surface area (Å²) in [5, 5.41) is 8.83. The molecule has 0 aliphatic heterocycles. The lowest BCUT2D eigenvalue weighted by molar-refractivity contribution is 0.0697. The SMILES string of the molecule is COc1cc(Sc2ccc(C(=O)O)cc2)ccc1N. The summed E-state index contributed by atoms with van der Waals surface area (Å²) >= 11 is 1.52. The van der Waals surface area contributed by atoms with Crippen molar-refractivity contribution < 1.29 is 14.6 Å². The highest BCUT2D eigenvalue weighted by atomic mass is 32.2. The zero-order chi connectivity index (χ0) is 13.8. The number of nitrogens with two attached hydrogens (primary N) is 1. The van der Waals surface area contributed by atoms with Gasteiger partial charge in [-0.15, -0.1) is 0 Å². The molecule has 0 unspecified atom stereocenters. The molecule has 0 heterocycles. The van der Waals surface area contributed by atoms with E-state index in [0.717, 1.165) is 9.79 Å². The van der Waals surface area contributed by atoms with Gasteiger partial charge < -0.3 is 15.6 Å². The molecule has 5 heteroatoms. The van der Waals surface area contributed by atoms with E-state index >= 15 is 0 Å². The zero-order valence-corrected chi connectivity index (χ0v) is 11.1. The monoisotopic (exact) mass is 275 g/mol. The Balaban J connectivity index is 2.19. The average Bonchev–Trinajstić information content (AvgIpc) is 2.41. The van der Waals surface area contributed by atoms with Gasteiger partial charge in [-0.1, -0.05) is 11.8 Å². The number of nitrogen functional groups attached to an aromatic ring is 1. The Morgan fingerprint density at radius 3 is 2.37 bits per heavy atom. The molecule has 0 aliphatic carbocycles. The van der Waals surface area contributed by atoms with E-state index in [2.05, 4.69) is 0 Å². The molecule has 2 aromatic carbocycles. The topological polar surface area (TPSA) is 72.5 Å². The van der Waals surface area contributed by atoms with E-state index < -0.39 is 5.97 Å². The summed E-state index contributed by atoms with van der Waals surface area (Å²) in [6.07, 6.45) is 0. The van der Waals surface area contributed by atoms with Crippen LogP contribution in [0.4, 0.5) is 5.69 Å². The number of carboxylic acids is 1. The Kier molecular flexibility index (Phi) is 3.97. The minimum Gasteiger partial charge on any atom is -0.495 e. The molecule has 19 heavy (non-hydrogen) atoms. The third-order valence-electron chi connectivity index (χ3n) is 2.54. The summed E-state index contributed by atoms with van der Waals surface area (Å²) < 4.78 is 5.16. The van der Waals surface area contributed by atoms with E-state index in [9.17, 15) is 4.79 Å². The predicted octanol–water partition coefficient (Wildman–Crippen LogP) is 3.13. The number of rotatable bonds is 4. The van der Waals surface area contributed by atoms with Crippen molar-refractivity contribution in [3.05, 3.63) is 48.0 Å². The van der Waals surface area contributed by atoms with E-state index in [1.165, 1.54) is 11.8 Å². The van der Waals surface area contributed by atoms with Crippen LogP contribution in [0.2, 0.25) is 0 Å². The molecule has 0 aromatic heterocycles. The zero-order valence-electron chi connectivity index (χ0n) is 10.3. The summed E-state index contributed by atoms with van der Waals surface area (Å²) in [6, 6.07) is 12.2. The van der Waals surface area contributed by atoms with Crippen molar-refractivity contribution in [3.63, 3.8) is 0 Å². The Morgan fingerprint density at radius 1 is 1.16 bits per heavy atom. The molecule has 0 saturated heterocycles. The fraction of sp³-hybridized carbons (Fsp3) is 0.0714. The van der Waals surface area contributed by atoms with Gasteiger partial charge in [-0.25, -0.2) is 4.79 Å². The van der Waals surface area contributed by atoms with Crippen LogP contribution < -0.4 is 10.5 Å². The van der Waals surface area contributed by atoms with Gasteiger partial charge in [0.25, 0.3) is 0 Å². The van der Waals surface area contributed by atoms with Gasteiger partial charge in [0.2, 0.25) is 0 Å². The highest BCUT2D eigenvalue weighted by Crippen LogP contribution is 2.32. The van der Waals surface area contributed by atoms with Crippen LogP contribution in [0.25, 0.3) is 0 Å². The summed E-state index contributed by atoms with van der Waals surface area (Å²) in [7, 11) is 1.57. The predicted molar refractivity (Wildman–Crippen MR) is 74.9 cm³/mol. The number of methoxy groups -OCH3 is 1. The van der Waals surface area contributed by atoms with Gasteiger partial charge in [-0.05, 0) is 42.5 Å². The molecular weight excluding hydrogens is 262 g/mol. The summed E-state index contributed by atoms with van der Waals surface area (Å²) in [4.78, 5) is 12.7. The van der Waals surface area contributed by atoms with E-state index in [0.29, 0.717) is 11.4 Å². The van der Waals surface area contributed by atoms with Crippen molar-refractivity contribution in [2.24, 2.45) is 0 Å². The number of benzene rings is 2. The van der Waals surface area contributed by atoms with Crippen molar-refractivity contribution in [1.82, 2.24) is 0 Å². The third kappa shape index (κ3) is 3.20. The fourth-order valence-electron chi connectivity index (χ4n) is 1.56. The Hall–Kier alpha value is -2.14. The number of hydrogen-bond acceptors (Lipinski definition) is 4. The maximum atomic E-state index is 10.8. The smallest absolute Gasteiger partial charge is 0.335 e. The van der Waals surface area contributed by atoms with Gasteiger partial charge >= 0.3 is 5.97 Å². The first-order chi connectivity index (χ1) is 9.10. The molecule has 0 amide bonds. The van der Waals surface area contributed by atoms with Crippen molar-refractivity contribution in [3.8, 4) is 5.75 Å². The van der Waals surface area contributed by atoms with Crippen LogP contribution >= 0.6 is 11.8 Å². The molecule has 0 aliphatic rings. The highest BCUT2D eigenvalue weighted by Gasteiger charge is 2.05. The van der Waals surface area contributed by atoms with Crippen LogP contribution in [0.15, 0.2) is 52.3 Å². The lowest BCUT2D eigenvalue weighted by atomic mass is 10.2. The Labute approximate surface area is 115 Å². The van der Waals surface area contributed by atoms with E-state index in [-0.39, 0.29) is 5.56 Å². The fourth-order valence-corrected chi connectivity index (χ4v) is 2.40. The number of anilines is 1. The van der Waals surface area contributed by atoms with Crippen LogP contribution in [-0.4, -0.2) is 18.2 Å². The minimum atomic E-state index is -0.925.